The fourth-order valence-electron chi connectivity index (χ4n) is 5.20. The van der Waals surface area contributed by atoms with Crippen LogP contribution in [0.2, 0.25) is 0 Å². The van der Waals surface area contributed by atoms with Gasteiger partial charge in [-0.05, 0) is 62.1 Å². The van der Waals surface area contributed by atoms with E-state index in [2.05, 4.69) is 55.7 Å². The molecule has 0 aromatic heterocycles. The number of hydrogen-bond donors (Lipinski definition) is 3. The van der Waals surface area contributed by atoms with Crippen molar-refractivity contribution in [3.8, 4) is 0 Å². The molecule has 2 aromatic carbocycles. The lowest BCUT2D eigenvalue weighted by Gasteiger charge is -2.41. The Kier molecular flexibility index (Phi) is 9.78. The molecule has 0 aliphatic heterocycles. The van der Waals surface area contributed by atoms with E-state index in [1.165, 1.54) is 29.7 Å². The molecule has 8 nitrogen and oxygen atoms in total. The molecular formula is C31H45N3O5. The Hall–Kier alpha value is -2.97. The molecule has 1 saturated carbocycles. The third-order valence-electron chi connectivity index (χ3n) is 7.41. The molecule has 0 unspecified atom stereocenters. The van der Waals surface area contributed by atoms with Crippen LogP contribution >= 0.6 is 0 Å². The number of carbonyl (C=O) groups is 1. The van der Waals surface area contributed by atoms with Crippen LogP contribution in [0.5, 0.6) is 0 Å². The van der Waals surface area contributed by atoms with Gasteiger partial charge in [0.15, 0.2) is 0 Å². The fraction of sp³-hybridized carbons (Fsp3) is 0.581. The number of benzene rings is 2. The average Bonchev–Trinajstić information content (AvgIpc) is 2.86. The predicted octanol–water partition coefficient (Wildman–Crippen LogP) is 6.14. The zero-order valence-corrected chi connectivity index (χ0v) is 24.3. The van der Waals surface area contributed by atoms with Gasteiger partial charge < -0.3 is 20.5 Å². The average molecular weight is 540 g/mol. The van der Waals surface area contributed by atoms with Crippen molar-refractivity contribution in [2.45, 2.75) is 109 Å². The second-order valence-corrected chi connectivity index (χ2v) is 12.8. The van der Waals surface area contributed by atoms with Crippen molar-refractivity contribution in [3.05, 3.63) is 75.3 Å². The van der Waals surface area contributed by atoms with Gasteiger partial charge in [-0.1, -0.05) is 76.4 Å². The number of nitro groups is 1. The van der Waals surface area contributed by atoms with Gasteiger partial charge in [-0.3, -0.25) is 10.1 Å². The van der Waals surface area contributed by atoms with E-state index in [0.717, 1.165) is 31.2 Å². The summed E-state index contributed by atoms with van der Waals surface area (Å²) in [6.07, 6.45) is 4.10. The third-order valence-corrected chi connectivity index (χ3v) is 7.41. The van der Waals surface area contributed by atoms with E-state index >= 15 is 0 Å². The molecule has 3 rings (SSSR count). The number of amides is 1. The number of carbonyl (C=O) groups excluding carboxylic acids is 1. The highest BCUT2D eigenvalue weighted by atomic mass is 16.6. The molecule has 1 fully saturated rings. The number of nitro benzene ring substituents is 1. The van der Waals surface area contributed by atoms with Crippen LogP contribution in [0.4, 0.5) is 10.5 Å². The molecule has 0 radical (unpaired) electrons. The highest BCUT2D eigenvalue weighted by molar-refractivity contribution is 5.68. The molecule has 1 aliphatic carbocycles. The van der Waals surface area contributed by atoms with Crippen LogP contribution < -0.4 is 10.6 Å². The van der Waals surface area contributed by atoms with E-state index in [9.17, 15) is 20.0 Å². The van der Waals surface area contributed by atoms with Gasteiger partial charge in [-0.15, -0.1) is 0 Å². The van der Waals surface area contributed by atoms with E-state index in [1.807, 2.05) is 0 Å². The number of nitrogens with one attached hydrogen (secondary N) is 2. The number of non-ortho nitro benzene ring substituents is 1. The Bertz CT molecular complexity index is 1110. The summed E-state index contributed by atoms with van der Waals surface area (Å²) >= 11 is 0. The number of alkyl carbamates (subject to hydrolysis) is 1. The summed E-state index contributed by atoms with van der Waals surface area (Å²) in [5.74, 6) is 0. The molecular weight excluding hydrogens is 494 g/mol. The van der Waals surface area contributed by atoms with Crippen molar-refractivity contribution in [2.24, 2.45) is 0 Å². The minimum Gasteiger partial charge on any atom is -0.444 e. The molecule has 8 heteroatoms. The molecule has 3 N–H and O–H groups in total. The van der Waals surface area contributed by atoms with Gasteiger partial charge in [0.2, 0.25) is 0 Å². The summed E-state index contributed by atoms with van der Waals surface area (Å²) in [4.78, 5) is 23.3. The van der Waals surface area contributed by atoms with Gasteiger partial charge in [0.05, 0.1) is 17.1 Å². The number of nitrogens with zero attached hydrogens (tertiary/aromatic N) is 1. The van der Waals surface area contributed by atoms with Gasteiger partial charge in [0.1, 0.15) is 5.60 Å². The second kappa shape index (κ2) is 12.5. The predicted molar refractivity (Wildman–Crippen MR) is 154 cm³/mol. The SMILES string of the molecule is CC(C)(C)OC(=O)N[C@@H](Cc1ccc([N+](=O)[O-])cc1)[C@@H](O)CNC1(c2cccc(C(C)(C)C)c2)CCCCC1. The van der Waals surface area contributed by atoms with Gasteiger partial charge in [-0.2, -0.15) is 0 Å². The van der Waals surface area contributed by atoms with Crippen molar-refractivity contribution in [3.63, 3.8) is 0 Å². The van der Waals surface area contributed by atoms with E-state index in [1.54, 1.807) is 32.9 Å². The van der Waals surface area contributed by atoms with Crippen LogP contribution in [0, 0.1) is 10.1 Å². The Morgan fingerprint density at radius 2 is 1.69 bits per heavy atom. The van der Waals surface area contributed by atoms with Gasteiger partial charge in [0, 0.05) is 24.2 Å². The normalized spacial score (nSPS) is 17.2. The van der Waals surface area contributed by atoms with Crippen LogP contribution in [-0.4, -0.2) is 40.4 Å². The molecule has 214 valence electrons. The summed E-state index contributed by atoms with van der Waals surface area (Å²) < 4.78 is 5.46. The molecule has 0 spiro atoms. The second-order valence-electron chi connectivity index (χ2n) is 12.8. The lowest BCUT2D eigenvalue weighted by atomic mass is 9.74. The van der Waals surface area contributed by atoms with Crippen molar-refractivity contribution in [1.82, 2.24) is 10.6 Å². The number of aliphatic hydroxyl groups is 1. The first kappa shape index (κ1) is 30.6. The molecule has 2 atom stereocenters. The largest absolute Gasteiger partial charge is 0.444 e. The molecule has 0 bridgehead atoms. The molecule has 2 aromatic rings. The standard InChI is InChI=1S/C31H45N3O5/c1-29(2,3)23-11-10-12-24(20-23)31(17-8-7-9-18-31)32-21-27(35)26(33-28(36)39-30(4,5)6)19-22-13-15-25(16-14-22)34(37)38/h10-16,20,26-27,32,35H,7-9,17-19,21H2,1-6H3,(H,33,36)/t26-,27-/m0/s1. The van der Waals surface area contributed by atoms with Gasteiger partial charge in [-0.25, -0.2) is 4.79 Å². The maximum absolute atomic E-state index is 12.7. The van der Waals surface area contributed by atoms with E-state index in [4.69, 9.17) is 4.74 Å². The van der Waals surface area contributed by atoms with Crippen LogP contribution in [0.15, 0.2) is 48.5 Å². The van der Waals surface area contributed by atoms with Crippen molar-refractivity contribution < 1.29 is 19.6 Å². The zero-order chi connectivity index (χ0) is 28.8. The first-order valence-electron chi connectivity index (χ1n) is 14.0. The lowest BCUT2D eigenvalue weighted by Crippen LogP contribution is -2.53. The smallest absolute Gasteiger partial charge is 0.407 e. The maximum Gasteiger partial charge on any atom is 0.407 e. The number of rotatable bonds is 9. The summed E-state index contributed by atoms with van der Waals surface area (Å²) in [6.45, 7) is 12.3. The Balaban J connectivity index is 1.82. The van der Waals surface area contributed by atoms with Crippen LogP contribution in [0.3, 0.4) is 0 Å². The Morgan fingerprint density at radius 3 is 2.26 bits per heavy atom. The number of ether oxygens (including phenoxy) is 1. The van der Waals surface area contributed by atoms with Crippen molar-refractivity contribution >= 4 is 11.8 Å². The molecule has 1 aliphatic rings. The summed E-state index contributed by atoms with van der Waals surface area (Å²) in [6, 6.07) is 14.3. The van der Waals surface area contributed by atoms with E-state index in [-0.39, 0.29) is 23.2 Å². The van der Waals surface area contributed by atoms with Crippen molar-refractivity contribution in [1.29, 1.82) is 0 Å². The number of hydrogen-bond acceptors (Lipinski definition) is 6. The van der Waals surface area contributed by atoms with Gasteiger partial charge >= 0.3 is 6.09 Å². The quantitative estimate of drug-likeness (QED) is 0.261. The fourth-order valence-corrected chi connectivity index (χ4v) is 5.20. The lowest BCUT2D eigenvalue weighted by molar-refractivity contribution is -0.384. The molecule has 0 saturated heterocycles. The molecule has 1 amide bonds. The summed E-state index contributed by atoms with van der Waals surface area (Å²) in [5, 5.41) is 29.0. The Morgan fingerprint density at radius 1 is 1.05 bits per heavy atom. The van der Waals surface area contributed by atoms with Gasteiger partial charge in [0.25, 0.3) is 5.69 Å². The summed E-state index contributed by atoms with van der Waals surface area (Å²) in [7, 11) is 0. The van der Waals surface area contributed by atoms with E-state index < -0.39 is 28.8 Å². The summed E-state index contributed by atoms with van der Waals surface area (Å²) in [5.41, 5.74) is 2.35. The first-order valence-corrected chi connectivity index (χ1v) is 14.0. The van der Waals surface area contributed by atoms with Crippen LogP contribution in [0.25, 0.3) is 0 Å². The Labute approximate surface area is 232 Å². The van der Waals surface area contributed by atoms with E-state index in [0.29, 0.717) is 6.42 Å². The highest BCUT2D eigenvalue weighted by Gasteiger charge is 2.36. The zero-order valence-electron chi connectivity index (χ0n) is 24.3. The topological polar surface area (TPSA) is 114 Å². The third kappa shape index (κ3) is 8.77. The van der Waals surface area contributed by atoms with Crippen LogP contribution in [-0.2, 0) is 22.1 Å². The first-order chi connectivity index (χ1) is 18.2. The number of aliphatic hydroxyl groups excluding tert-OH is 1. The monoisotopic (exact) mass is 539 g/mol. The minimum absolute atomic E-state index is 0.00524. The molecule has 39 heavy (non-hydrogen) atoms. The highest BCUT2D eigenvalue weighted by Crippen LogP contribution is 2.38. The van der Waals surface area contributed by atoms with Crippen molar-refractivity contribution in [2.75, 3.05) is 6.54 Å². The minimum atomic E-state index is -0.919. The van der Waals surface area contributed by atoms with Crippen LogP contribution in [0.1, 0.15) is 90.3 Å². The molecule has 0 heterocycles. The maximum atomic E-state index is 12.7.